The zero-order chi connectivity index (χ0) is 13.7. The molecule has 1 amide bonds. The molecular formula is C15H28N2O2. The number of carbonyl (C=O) groups excluding carboxylic acids is 1. The maximum absolute atomic E-state index is 12.1. The third kappa shape index (κ3) is 4.18. The number of nitrogens with one attached hydrogen (secondary N) is 2. The highest BCUT2D eigenvalue weighted by atomic mass is 16.5. The first kappa shape index (κ1) is 14.8. The Morgan fingerprint density at radius 3 is 3.05 bits per heavy atom. The summed E-state index contributed by atoms with van der Waals surface area (Å²) in [6.07, 6.45) is 4.71. The van der Waals surface area contributed by atoms with Gasteiger partial charge in [0.25, 0.3) is 0 Å². The molecule has 0 aromatic heterocycles. The van der Waals surface area contributed by atoms with Crippen molar-refractivity contribution in [3.63, 3.8) is 0 Å². The molecule has 4 heteroatoms. The van der Waals surface area contributed by atoms with E-state index < -0.39 is 0 Å². The molecule has 1 saturated heterocycles. The minimum Gasteiger partial charge on any atom is -0.381 e. The lowest BCUT2D eigenvalue weighted by Crippen LogP contribution is -2.44. The zero-order valence-electron chi connectivity index (χ0n) is 12.3. The fourth-order valence-corrected chi connectivity index (χ4v) is 3.29. The molecule has 3 unspecified atom stereocenters. The number of hydrogen-bond acceptors (Lipinski definition) is 3. The molecule has 2 N–H and O–H groups in total. The second-order valence-corrected chi connectivity index (χ2v) is 6.35. The predicted molar refractivity (Wildman–Crippen MR) is 75.9 cm³/mol. The van der Waals surface area contributed by atoms with Crippen LogP contribution in [-0.2, 0) is 9.53 Å². The highest BCUT2D eigenvalue weighted by Gasteiger charge is 2.42. The van der Waals surface area contributed by atoms with Crippen LogP contribution in [0.15, 0.2) is 0 Å². The summed E-state index contributed by atoms with van der Waals surface area (Å²) in [7, 11) is 0. The lowest BCUT2D eigenvalue weighted by molar-refractivity contribution is -0.123. The average molecular weight is 268 g/mol. The molecule has 0 bridgehead atoms. The number of amides is 1. The van der Waals surface area contributed by atoms with E-state index in [-0.39, 0.29) is 11.9 Å². The third-order valence-corrected chi connectivity index (χ3v) is 4.24. The summed E-state index contributed by atoms with van der Waals surface area (Å²) in [6.45, 7) is 7.59. The van der Waals surface area contributed by atoms with E-state index in [9.17, 15) is 4.79 Å². The maximum atomic E-state index is 12.1. The van der Waals surface area contributed by atoms with Gasteiger partial charge < -0.3 is 15.4 Å². The van der Waals surface area contributed by atoms with Gasteiger partial charge in [-0.15, -0.1) is 0 Å². The zero-order valence-corrected chi connectivity index (χ0v) is 12.3. The fourth-order valence-electron chi connectivity index (χ4n) is 3.29. The molecule has 1 saturated carbocycles. The Balaban J connectivity index is 1.57. The van der Waals surface area contributed by atoms with E-state index in [0.29, 0.717) is 11.8 Å². The Morgan fingerprint density at radius 1 is 1.42 bits per heavy atom. The van der Waals surface area contributed by atoms with Crippen LogP contribution >= 0.6 is 0 Å². The molecule has 3 atom stereocenters. The van der Waals surface area contributed by atoms with Gasteiger partial charge in [-0.3, -0.25) is 4.79 Å². The number of ether oxygens (including phenoxy) is 1. The SMILES string of the molecule is CC(C)COCCCNC(=O)C1NCC2CCCC21. The van der Waals surface area contributed by atoms with E-state index in [0.717, 1.165) is 38.6 Å². The molecule has 1 aliphatic heterocycles. The summed E-state index contributed by atoms with van der Waals surface area (Å²) >= 11 is 0. The number of rotatable bonds is 7. The summed E-state index contributed by atoms with van der Waals surface area (Å²) in [6, 6.07) is 0.0593. The first-order valence-corrected chi connectivity index (χ1v) is 7.77. The Labute approximate surface area is 116 Å². The van der Waals surface area contributed by atoms with E-state index in [4.69, 9.17) is 4.74 Å². The first-order valence-electron chi connectivity index (χ1n) is 7.77. The molecule has 110 valence electrons. The van der Waals surface area contributed by atoms with Crippen LogP contribution < -0.4 is 10.6 Å². The molecule has 0 aromatic carbocycles. The Kier molecular flexibility index (Phi) is 5.64. The van der Waals surface area contributed by atoms with Crippen LogP contribution in [0.5, 0.6) is 0 Å². The monoisotopic (exact) mass is 268 g/mol. The van der Waals surface area contributed by atoms with Crippen LogP contribution in [0, 0.1) is 17.8 Å². The molecule has 1 aliphatic carbocycles. The molecule has 1 heterocycles. The standard InChI is InChI=1S/C15H28N2O2/c1-11(2)10-19-8-4-7-16-15(18)14-13-6-3-5-12(13)9-17-14/h11-14,17H,3-10H2,1-2H3,(H,16,18). The van der Waals surface area contributed by atoms with Crippen molar-refractivity contribution in [3.05, 3.63) is 0 Å². The third-order valence-electron chi connectivity index (χ3n) is 4.24. The van der Waals surface area contributed by atoms with E-state index in [1.165, 1.54) is 19.3 Å². The average Bonchev–Trinajstić information content (AvgIpc) is 2.94. The largest absolute Gasteiger partial charge is 0.381 e. The van der Waals surface area contributed by atoms with Crippen molar-refractivity contribution in [1.82, 2.24) is 10.6 Å². The van der Waals surface area contributed by atoms with Crippen LogP contribution in [0.3, 0.4) is 0 Å². The van der Waals surface area contributed by atoms with Crippen molar-refractivity contribution >= 4 is 5.91 Å². The molecule has 0 spiro atoms. The predicted octanol–water partition coefficient (Wildman–Crippen LogP) is 1.55. The molecule has 2 rings (SSSR count). The normalized spacial score (nSPS) is 29.7. The van der Waals surface area contributed by atoms with Crippen LogP contribution in [0.25, 0.3) is 0 Å². The van der Waals surface area contributed by atoms with Gasteiger partial charge in [-0.05, 0) is 43.6 Å². The van der Waals surface area contributed by atoms with E-state index in [2.05, 4.69) is 24.5 Å². The van der Waals surface area contributed by atoms with Crippen molar-refractivity contribution in [2.24, 2.45) is 17.8 Å². The fraction of sp³-hybridized carbons (Fsp3) is 0.933. The van der Waals surface area contributed by atoms with Crippen molar-refractivity contribution in [2.75, 3.05) is 26.3 Å². The Hall–Kier alpha value is -0.610. The van der Waals surface area contributed by atoms with Gasteiger partial charge in [0.15, 0.2) is 0 Å². The van der Waals surface area contributed by atoms with Crippen LogP contribution in [0.1, 0.15) is 39.5 Å². The molecule has 19 heavy (non-hydrogen) atoms. The van der Waals surface area contributed by atoms with Gasteiger partial charge in [-0.2, -0.15) is 0 Å². The van der Waals surface area contributed by atoms with Gasteiger partial charge in [0.05, 0.1) is 6.04 Å². The number of carbonyl (C=O) groups is 1. The van der Waals surface area contributed by atoms with Crippen molar-refractivity contribution < 1.29 is 9.53 Å². The molecule has 2 fully saturated rings. The Morgan fingerprint density at radius 2 is 2.26 bits per heavy atom. The maximum Gasteiger partial charge on any atom is 0.237 e. The van der Waals surface area contributed by atoms with Gasteiger partial charge in [-0.1, -0.05) is 20.3 Å². The number of fused-ring (bicyclic) bond motifs is 1. The summed E-state index contributed by atoms with van der Waals surface area (Å²) in [5.74, 6) is 2.09. The summed E-state index contributed by atoms with van der Waals surface area (Å²) in [5.41, 5.74) is 0. The molecule has 0 aromatic rings. The highest BCUT2D eigenvalue weighted by Crippen LogP contribution is 2.37. The van der Waals surface area contributed by atoms with Gasteiger partial charge in [-0.25, -0.2) is 0 Å². The van der Waals surface area contributed by atoms with Gasteiger partial charge >= 0.3 is 0 Å². The second-order valence-electron chi connectivity index (χ2n) is 6.35. The molecule has 2 aliphatic rings. The van der Waals surface area contributed by atoms with Gasteiger partial charge in [0, 0.05) is 19.8 Å². The lowest BCUT2D eigenvalue weighted by Gasteiger charge is -2.17. The summed E-state index contributed by atoms with van der Waals surface area (Å²) in [4.78, 5) is 12.1. The van der Waals surface area contributed by atoms with Gasteiger partial charge in [0.1, 0.15) is 0 Å². The summed E-state index contributed by atoms with van der Waals surface area (Å²) < 4.78 is 5.50. The Bertz CT molecular complexity index is 294. The van der Waals surface area contributed by atoms with Crippen LogP contribution in [0.2, 0.25) is 0 Å². The second kappa shape index (κ2) is 7.25. The minimum atomic E-state index is 0.0593. The highest BCUT2D eigenvalue weighted by molar-refractivity contribution is 5.82. The lowest BCUT2D eigenvalue weighted by atomic mass is 9.93. The van der Waals surface area contributed by atoms with Crippen LogP contribution in [0.4, 0.5) is 0 Å². The van der Waals surface area contributed by atoms with Gasteiger partial charge in [0.2, 0.25) is 5.91 Å². The molecule has 0 radical (unpaired) electrons. The minimum absolute atomic E-state index is 0.0593. The van der Waals surface area contributed by atoms with Crippen LogP contribution in [-0.4, -0.2) is 38.3 Å². The topological polar surface area (TPSA) is 50.4 Å². The van der Waals surface area contributed by atoms with Crippen molar-refractivity contribution in [1.29, 1.82) is 0 Å². The van der Waals surface area contributed by atoms with Crippen molar-refractivity contribution in [3.8, 4) is 0 Å². The first-order chi connectivity index (χ1) is 9.18. The summed E-state index contributed by atoms with van der Waals surface area (Å²) in [5, 5.41) is 6.43. The van der Waals surface area contributed by atoms with E-state index in [1.807, 2.05) is 0 Å². The van der Waals surface area contributed by atoms with E-state index >= 15 is 0 Å². The quantitative estimate of drug-likeness (QED) is 0.689. The molecule has 4 nitrogen and oxygen atoms in total. The molecular weight excluding hydrogens is 240 g/mol. The smallest absolute Gasteiger partial charge is 0.237 e. The number of hydrogen-bond donors (Lipinski definition) is 2. The van der Waals surface area contributed by atoms with E-state index in [1.54, 1.807) is 0 Å². The van der Waals surface area contributed by atoms with Crippen molar-refractivity contribution in [2.45, 2.75) is 45.6 Å².